The Labute approximate surface area is 117 Å². The summed E-state index contributed by atoms with van der Waals surface area (Å²) in [5.74, 6) is -1.31. The Kier molecular flexibility index (Phi) is 11.3. The van der Waals surface area contributed by atoms with E-state index in [2.05, 4.69) is 6.92 Å². The molecule has 0 heterocycles. The molecule has 0 fully saturated rings. The normalized spacial score (nSPS) is 10.4. The number of unbranched alkanes of at least 4 members (excludes halogenated alkanes) is 8. The quantitative estimate of drug-likeness (QED) is 0.511. The summed E-state index contributed by atoms with van der Waals surface area (Å²) in [5.41, 5.74) is 0. The van der Waals surface area contributed by atoms with E-state index in [1.807, 2.05) is 0 Å². The summed E-state index contributed by atoms with van der Waals surface area (Å²) >= 11 is 0. The maximum Gasteiger partial charge on any atom is 0.374 e. The molecule has 111 valence electrons. The van der Waals surface area contributed by atoms with Crippen LogP contribution in [0.2, 0.25) is 0 Å². The van der Waals surface area contributed by atoms with Gasteiger partial charge in [0.1, 0.15) is 6.54 Å². The van der Waals surface area contributed by atoms with Crippen LogP contribution in [0.1, 0.15) is 71.1 Å². The summed E-state index contributed by atoms with van der Waals surface area (Å²) in [4.78, 5) is 23.1. The first kappa shape index (κ1) is 17.9. The molecule has 0 N–H and O–H groups in total. The van der Waals surface area contributed by atoms with Crippen molar-refractivity contribution in [3.63, 3.8) is 0 Å². The zero-order valence-corrected chi connectivity index (χ0v) is 12.5. The molecule has 0 spiro atoms. The van der Waals surface area contributed by atoms with Gasteiger partial charge in [-0.15, -0.1) is 0 Å². The zero-order valence-electron chi connectivity index (χ0n) is 12.5. The van der Waals surface area contributed by atoms with E-state index >= 15 is 0 Å². The SMILES string of the molecule is CCCCCCCCCCCC(=O)N(C)CC([O])=O. The summed E-state index contributed by atoms with van der Waals surface area (Å²) in [6.07, 6.45) is 11.3. The summed E-state index contributed by atoms with van der Waals surface area (Å²) < 4.78 is 0. The van der Waals surface area contributed by atoms with Crippen molar-refractivity contribution >= 4 is 11.9 Å². The molecule has 1 amide bonds. The molecule has 4 nitrogen and oxygen atoms in total. The second-order valence-electron chi connectivity index (χ2n) is 5.20. The standard InChI is InChI=1S/C15H28NO3/c1-3-4-5-6-7-8-9-10-11-12-14(17)16(2)13-15(18)19/h3-13H2,1-2H3. The molecule has 0 saturated heterocycles. The first-order valence-corrected chi connectivity index (χ1v) is 7.51. The number of carbonyl (C=O) groups is 2. The Hall–Kier alpha value is -1.06. The second kappa shape index (κ2) is 12.0. The molecule has 0 aliphatic rings. The van der Waals surface area contributed by atoms with E-state index in [4.69, 9.17) is 0 Å². The summed E-state index contributed by atoms with van der Waals surface area (Å²) in [7, 11) is 1.51. The molecule has 0 aliphatic carbocycles. The van der Waals surface area contributed by atoms with Crippen LogP contribution in [0.25, 0.3) is 0 Å². The van der Waals surface area contributed by atoms with Crippen LogP contribution in [-0.2, 0) is 14.7 Å². The van der Waals surface area contributed by atoms with E-state index in [1.54, 1.807) is 0 Å². The molecule has 0 saturated carbocycles. The molecule has 1 radical (unpaired) electrons. The van der Waals surface area contributed by atoms with E-state index in [-0.39, 0.29) is 12.5 Å². The molecule has 0 rings (SSSR count). The van der Waals surface area contributed by atoms with E-state index in [0.29, 0.717) is 6.42 Å². The molecule has 0 aromatic carbocycles. The number of hydrogen-bond donors (Lipinski definition) is 0. The molecule has 0 bridgehead atoms. The van der Waals surface area contributed by atoms with Crippen molar-refractivity contribution in [2.45, 2.75) is 71.1 Å². The fourth-order valence-corrected chi connectivity index (χ4v) is 2.06. The lowest BCUT2D eigenvalue weighted by atomic mass is 10.1. The molecule has 4 heteroatoms. The third kappa shape index (κ3) is 11.7. The van der Waals surface area contributed by atoms with Crippen LogP contribution in [0.4, 0.5) is 0 Å². The average Bonchev–Trinajstić information content (AvgIpc) is 2.35. The van der Waals surface area contributed by atoms with E-state index in [1.165, 1.54) is 56.9 Å². The van der Waals surface area contributed by atoms with Crippen molar-refractivity contribution < 1.29 is 14.7 Å². The highest BCUT2D eigenvalue weighted by Gasteiger charge is 2.12. The second-order valence-corrected chi connectivity index (χ2v) is 5.20. The van der Waals surface area contributed by atoms with Gasteiger partial charge in [-0.2, -0.15) is 0 Å². The van der Waals surface area contributed by atoms with Crippen molar-refractivity contribution in [3.8, 4) is 0 Å². The third-order valence-corrected chi connectivity index (χ3v) is 3.29. The lowest BCUT2D eigenvalue weighted by Gasteiger charge is -2.13. The van der Waals surface area contributed by atoms with Gasteiger partial charge in [-0.25, -0.2) is 9.90 Å². The number of nitrogens with zero attached hydrogens (tertiary/aromatic N) is 1. The molecule has 19 heavy (non-hydrogen) atoms. The van der Waals surface area contributed by atoms with Gasteiger partial charge in [0, 0.05) is 13.5 Å². The highest BCUT2D eigenvalue weighted by Crippen LogP contribution is 2.10. The highest BCUT2D eigenvalue weighted by atomic mass is 16.4. The molecule has 0 aliphatic heterocycles. The molecule has 0 aromatic rings. The van der Waals surface area contributed by atoms with E-state index in [0.717, 1.165) is 12.8 Å². The Balaban J connectivity index is 3.34. The first-order valence-electron chi connectivity index (χ1n) is 7.51. The highest BCUT2D eigenvalue weighted by molar-refractivity contribution is 5.80. The van der Waals surface area contributed by atoms with E-state index < -0.39 is 5.97 Å². The minimum Gasteiger partial charge on any atom is -0.334 e. The van der Waals surface area contributed by atoms with Crippen LogP contribution in [0.15, 0.2) is 0 Å². The predicted molar refractivity (Wildman–Crippen MR) is 75.2 cm³/mol. The van der Waals surface area contributed by atoms with Crippen molar-refractivity contribution in [1.29, 1.82) is 0 Å². The molecule has 0 unspecified atom stereocenters. The van der Waals surface area contributed by atoms with Crippen LogP contribution >= 0.6 is 0 Å². The Morgan fingerprint density at radius 3 is 1.79 bits per heavy atom. The Morgan fingerprint density at radius 1 is 0.842 bits per heavy atom. The summed E-state index contributed by atoms with van der Waals surface area (Å²) in [6, 6.07) is 0. The van der Waals surface area contributed by atoms with Crippen LogP contribution in [0, 0.1) is 0 Å². The minimum atomic E-state index is -1.21. The maximum atomic E-state index is 11.5. The topological polar surface area (TPSA) is 57.3 Å². The Morgan fingerprint density at radius 2 is 1.32 bits per heavy atom. The van der Waals surface area contributed by atoms with E-state index in [9.17, 15) is 14.7 Å². The van der Waals surface area contributed by atoms with Crippen molar-refractivity contribution in [1.82, 2.24) is 4.90 Å². The largest absolute Gasteiger partial charge is 0.374 e. The fourth-order valence-electron chi connectivity index (χ4n) is 2.06. The molecular formula is C15H28NO3. The number of amides is 1. The van der Waals surface area contributed by atoms with Gasteiger partial charge in [0.2, 0.25) is 5.91 Å². The minimum absolute atomic E-state index is 0.104. The predicted octanol–water partition coefficient (Wildman–Crippen LogP) is 3.32. The van der Waals surface area contributed by atoms with Gasteiger partial charge in [-0.3, -0.25) is 4.79 Å². The first-order chi connectivity index (χ1) is 9.07. The van der Waals surface area contributed by atoms with Crippen molar-refractivity contribution in [2.75, 3.05) is 13.6 Å². The number of hydrogen-bond acceptors (Lipinski definition) is 2. The molecule has 0 aromatic heterocycles. The number of likely N-dealkylation sites (N-methyl/N-ethyl adjacent to an activating group) is 1. The monoisotopic (exact) mass is 270 g/mol. The molecule has 0 atom stereocenters. The third-order valence-electron chi connectivity index (χ3n) is 3.29. The van der Waals surface area contributed by atoms with Crippen LogP contribution in [-0.4, -0.2) is 30.4 Å². The van der Waals surface area contributed by atoms with Crippen LogP contribution in [0.3, 0.4) is 0 Å². The van der Waals surface area contributed by atoms with Gasteiger partial charge in [0.15, 0.2) is 0 Å². The van der Waals surface area contributed by atoms with Gasteiger partial charge >= 0.3 is 5.97 Å². The van der Waals surface area contributed by atoms with Gasteiger partial charge < -0.3 is 4.90 Å². The van der Waals surface area contributed by atoms with Gasteiger partial charge in [-0.05, 0) is 6.42 Å². The lowest BCUT2D eigenvalue weighted by Crippen LogP contribution is -2.31. The number of carbonyl (C=O) groups excluding carboxylic acids is 2. The van der Waals surface area contributed by atoms with Crippen molar-refractivity contribution in [3.05, 3.63) is 0 Å². The fraction of sp³-hybridized carbons (Fsp3) is 0.867. The lowest BCUT2D eigenvalue weighted by molar-refractivity contribution is -0.148. The number of rotatable bonds is 12. The van der Waals surface area contributed by atoms with Crippen molar-refractivity contribution in [2.24, 2.45) is 0 Å². The smallest absolute Gasteiger partial charge is 0.334 e. The van der Waals surface area contributed by atoms with Gasteiger partial charge in [0.25, 0.3) is 0 Å². The average molecular weight is 270 g/mol. The summed E-state index contributed by atoms with van der Waals surface area (Å²) in [5, 5.41) is 10.3. The Bertz CT molecular complexity index is 254. The summed E-state index contributed by atoms with van der Waals surface area (Å²) in [6.45, 7) is 1.91. The van der Waals surface area contributed by atoms with Crippen LogP contribution in [0.5, 0.6) is 0 Å². The van der Waals surface area contributed by atoms with Gasteiger partial charge in [-0.1, -0.05) is 58.3 Å². The van der Waals surface area contributed by atoms with Gasteiger partial charge in [0.05, 0.1) is 0 Å². The molecular weight excluding hydrogens is 242 g/mol. The zero-order chi connectivity index (χ0) is 14.5. The van der Waals surface area contributed by atoms with Crippen LogP contribution < -0.4 is 0 Å². The maximum absolute atomic E-state index is 11.5.